The lowest BCUT2D eigenvalue weighted by Gasteiger charge is -2.07. The van der Waals surface area contributed by atoms with Crippen LogP contribution in [-0.2, 0) is 16.6 Å². The Morgan fingerprint density at radius 2 is 1.94 bits per heavy atom. The predicted molar refractivity (Wildman–Crippen MR) is 61.8 cm³/mol. The molecule has 0 atom stereocenters. The fourth-order valence-corrected chi connectivity index (χ4v) is 1.37. The van der Waals surface area contributed by atoms with Crippen molar-refractivity contribution in [3.8, 4) is 5.75 Å². The number of rotatable bonds is 5. The Morgan fingerprint density at radius 1 is 1.38 bits per heavy atom. The minimum Gasteiger partial charge on any atom is -0.508 e. The molecule has 5 nitrogen and oxygen atoms in total. The van der Waals surface area contributed by atoms with Gasteiger partial charge in [-0.1, -0.05) is 18.7 Å². The fraction of sp³-hybridized carbons (Fsp3) is 0.200. The molecule has 0 aromatic heterocycles. The van der Waals surface area contributed by atoms with Gasteiger partial charge in [0.05, 0.1) is 4.91 Å². The van der Waals surface area contributed by atoms with Crippen molar-refractivity contribution in [2.45, 2.75) is 13.5 Å². The smallest absolute Gasteiger partial charge is 0.248 e. The number of nitrogens with one attached hydrogen (secondary N) is 2. The van der Waals surface area contributed by atoms with E-state index >= 15 is 0 Å². The van der Waals surface area contributed by atoms with Crippen molar-refractivity contribution in [2.75, 3.05) is 0 Å². The van der Waals surface area contributed by atoms with Crippen LogP contribution in [0.5, 0.6) is 5.75 Å². The molecule has 0 spiro atoms. The average Bonchev–Trinajstić information content (AvgIpc) is 2.20. The summed E-state index contributed by atoms with van der Waals surface area (Å²) in [7, 11) is -3.48. The molecule has 16 heavy (non-hydrogen) atoms. The first-order chi connectivity index (χ1) is 7.42. The summed E-state index contributed by atoms with van der Waals surface area (Å²) in [6.45, 7) is 5.07. The monoisotopic (exact) mass is 242 g/mol. The van der Waals surface area contributed by atoms with Gasteiger partial charge in [-0.05, 0) is 24.6 Å². The lowest BCUT2D eigenvalue weighted by molar-refractivity contribution is 0.475. The summed E-state index contributed by atoms with van der Waals surface area (Å²) >= 11 is 0. The van der Waals surface area contributed by atoms with Crippen LogP contribution in [0.2, 0.25) is 0 Å². The molecule has 88 valence electrons. The highest BCUT2D eigenvalue weighted by Gasteiger charge is 2.09. The van der Waals surface area contributed by atoms with Crippen molar-refractivity contribution < 1.29 is 13.5 Å². The van der Waals surface area contributed by atoms with Crippen molar-refractivity contribution in [1.82, 2.24) is 10.3 Å². The maximum absolute atomic E-state index is 11.3. The number of aromatic hydroxyl groups is 1. The SMILES string of the molecule is C=C(C)S(=O)(=O)NNCc1ccc(O)cc1. The van der Waals surface area contributed by atoms with Crippen LogP contribution in [0.25, 0.3) is 0 Å². The molecular weight excluding hydrogens is 228 g/mol. The van der Waals surface area contributed by atoms with E-state index in [1.165, 1.54) is 19.1 Å². The van der Waals surface area contributed by atoms with Crippen molar-refractivity contribution in [1.29, 1.82) is 0 Å². The summed E-state index contributed by atoms with van der Waals surface area (Å²) < 4.78 is 22.5. The van der Waals surface area contributed by atoms with E-state index in [0.717, 1.165) is 5.56 Å². The third-order valence-electron chi connectivity index (χ3n) is 1.89. The highest BCUT2D eigenvalue weighted by atomic mass is 32.2. The summed E-state index contributed by atoms with van der Waals surface area (Å²) in [6, 6.07) is 6.45. The maximum Gasteiger partial charge on any atom is 0.248 e. The first-order valence-electron chi connectivity index (χ1n) is 4.60. The van der Waals surface area contributed by atoms with Crippen LogP contribution in [0.15, 0.2) is 35.7 Å². The molecule has 0 saturated heterocycles. The molecule has 0 aliphatic heterocycles. The van der Waals surface area contributed by atoms with Crippen molar-refractivity contribution in [3.63, 3.8) is 0 Å². The van der Waals surface area contributed by atoms with Crippen LogP contribution < -0.4 is 10.3 Å². The number of hydrogen-bond donors (Lipinski definition) is 3. The highest BCUT2D eigenvalue weighted by Crippen LogP contribution is 2.09. The first-order valence-corrected chi connectivity index (χ1v) is 6.08. The Hall–Kier alpha value is -1.37. The van der Waals surface area contributed by atoms with E-state index in [1.54, 1.807) is 12.1 Å². The Kier molecular flexibility index (Phi) is 4.05. The Bertz CT molecular complexity index is 465. The van der Waals surface area contributed by atoms with Crippen LogP contribution in [0.3, 0.4) is 0 Å². The number of phenols is 1. The van der Waals surface area contributed by atoms with E-state index in [1.807, 2.05) is 0 Å². The molecule has 0 fully saturated rings. The van der Waals surface area contributed by atoms with E-state index in [9.17, 15) is 8.42 Å². The quantitative estimate of drug-likeness (QED) is 0.669. The van der Waals surface area contributed by atoms with E-state index in [2.05, 4.69) is 16.8 Å². The Morgan fingerprint density at radius 3 is 2.44 bits per heavy atom. The third kappa shape index (κ3) is 3.65. The van der Waals surface area contributed by atoms with Crippen LogP contribution in [0, 0.1) is 0 Å². The summed E-state index contributed by atoms with van der Waals surface area (Å²) in [6.07, 6.45) is 0. The van der Waals surface area contributed by atoms with Gasteiger partial charge >= 0.3 is 0 Å². The molecule has 0 saturated carbocycles. The molecule has 1 aromatic rings. The van der Waals surface area contributed by atoms with Crippen LogP contribution in [-0.4, -0.2) is 13.5 Å². The molecular formula is C10H14N2O3S. The van der Waals surface area contributed by atoms with Gasteiger partial charge in [-0.3, -0.25) is 0 Å². The van der Waals surface area contributed by atoms with E-state index in [0.29, 0.717) is 6.54 Å². The number of sulfonamides is 1. The van der Waals surface area contributed by atoms with Crippen molar-refractivity contribution in [3.05, 3.63) is 41.3 Å². The second kappa shape index (κ2) is 5.11. The molecule has 0 amide bonds. The Balaban J connectivity index is 2.48. The lowest BCUT2D eigenvalue weighted by atomic mass is 10.2. The molecule has 0 bridgehead atoms. The highest BCUT2D eigenvalue weighted by molar-refractivity contribution is 7.93. The largest absolute Gasteiger partial charge is 0.508 e. The van der Waals surface area contributed by atoms with E-state index < -0.39 is 10.0 Å². The van der Waals surface area contributed by atoms with Gasteiger partial charge in [0.15, 0.2) is 0 Å². The van der Waals surface area contributed by atoms with Gasteiger partial charge in [0.1, 0.15) is 5.75 Å². The molecule has 6 heteroatoms. The van der Waals surface area contributed by atoms with Crippen LogP contribution >= 0.6 is 0 Å². The van der Waals surface area contributed by atoms with Crippen LogP contribution in [0.4, 0.5) is 0 Å². The maximum atomic E-state index is 11.3. The molecule has 0 radical (unpaired) electrons. The fourth-order valence-electron chi connectivity index (χ4n) is 0.934. The molecule has 0 unspecified atom stereocenters. The van der Waals surface area contributed by atoms with Gasteiger partial charge in [0.2, 0.25) is 10.0 Å². The Labute approximate surface area is 94.8 Å². The summed E-state index contributed by atoms with van der Waals surface area (Å²) in [5.74, 6) is 0.172. The summed E-state index contributed by atoms with van der Waals surface area (Å²) in [4.78, 5) is 2.23. The van der Waals surface area contributed by atoms with Gasteiger partial charge in [-0.25, -0.2) is 13.8 Å². The second-order valence-corrected chi connectivity index (χ2v) is 5.24. The molecule has 1 aromatic carbocycles. The number of allylic oxidation sites excluding steroid dienone is 1. The number of phenolic OH excluding ortho intramolecular Hbond substituents is 1. The molecule has 0 aliphatic rings. The molecule has 0 aliphatic carbocycles. The normalized spacial score (nSPS) is 11.3. The minimum atomic E-state index is -3.48. The standard InChI is InChI=1S/C10H14N2O3S/c1-8(2)16(14,15)12-11-7-9-3-5-10(13)6-4-9/h3-6,11-13H,1,7H2,2H3. The van der Waals surface area contributed by atoms with Gasteiger partial charge < -0.3 is 5.11 Å². The minimum absolute atomic E-state index is 0.0470. The zero-order valence-corrected chi connectivity index (χ0v) is 9.71. The van der Waals surface area contributed by atoms with Gasteiger partial charge in [-0.15, -0.1) is 4.83 Å². The van der Waals surface area contributed by atoms with E-state index in [4.69, 9.17) is 5.11 Å². The molecule has 1 rings (SSSR count). The number of hydrazine groups is 1. The van der Waals surface area contributed by atoms with Gasteiger partial charge in [0, 0.05) is 6.54 Å². The lowest BCUT2D eigenvalue weighted by Crippen LogP contribution is -2.36. The van der Waals surface area contributed by atoms with E-state index in [-0.39, 0.29) is 10.7 Å². The summed E-state index contributed by atoms with van der Waals surface area (Å²) in [5.41, 5.74) is 3.41. The topological polar surface area (TPSA) is 78.4 Å². The van der Waals surface area contributed by atoms with Gasteiger partial charge in [0.25, 0.3) is 0 Å². The predicted octanol–water partition coefficient (Wildman–Crippen LogP) is 0.850. The second-order valence-electron chi connectivity index (χ2n) is 3.33. The molecule has 3 N–H and O–H groups in total. The van der Waals surface area contributed by atoms with Crippen LogP contribution in [0.1, 0.15) is 12.5 Å². The van der Waals surface area contributed by atoms with Crippen molar-refractivity contribution in [2.24, 2.45) is 0 Å². The first kappa shape index (κ1) is 12.7. The summed E-state index contributed by atoms with van der Waals surface area (Å²) in [5, 5.41) is 9.04. The molecule has 0 heterocycles. The van der Waals surface area contributed by atoms with Gasteiger partial charge in [-0.2, -0.15) is 0 Å². The average molecular weight is 242 g/mol. The zero-order chi connectivity index (χ0) is 12.2. The van der Waals surface area contributed by atoms with Crippen molar-refractivity contribution >= 4 is 10.0 Å². The number of benzene rings is 1. The zero-order valence-electron chi connectivity index (χ0n) is 8.90. The number of hydrogen-bond acceptors (Lipinski definition) is 4. The third-order valence-corrected chi connectivity index (χ3v) is 3.22.